The molecule has 0 aliphatic heterocycles. The van der Waals surface area contributed by atoms with Gasteiger partial charge in [-0.05, 0) is 24.3 Å². The molecular formula is C13H7F3N2O. The SMILES string of the molecule is FC(F)(F)c1ccc(-c2nc3cnccc3o2)cc1. The standard InChI is InChI=1S/C13H7F3N2O/c14-13(15,16)9-3-1-8(2-4-9)12-18-10-7-17-6-5-11(10)19-12/h1-7H. The van der Waals surface area contributed by atoms with Gasteiger partial charge in [-0.3, -0.25) is 4.98 Å². The number of aromatic nitrogens is 2. The molecule has 0 saturated heterocycles. The summed E-state index contributed by atoms with van der Waals surface area (Å²) in [5, 5.41) is 0. The Morgan fingerprint density at radius 2 is 1.74 bits per heavy atom. The Labute approximate surface area is 105 Å². The normalized spacial score (nSPS) is 11.9. The van der Waals surface area contributed by atoms with Crippen LogP contribution in [0.1, 0.15) is 5.56 Å². The molecule has 1 aromatic carbocycles. The average Bonchev–Trinajstić information content (AvgIpc) is 2.81. The van der Waals surface area contributed by atoms with Crippen LogP contribution < -0.4 is 0 Å². The van der Waals surface area contributed by atoms with Gasteiger partial charge in [0.2, 0.25) is 5.89 Å². The topological polar surface area (TPSA) is 38.9 Å². The lowest BCUT2D eigenvalue weighted by molar-refractivity contribution is -0.137. The van der Waals surface area contributed by atoms with E-state index in [1.165, 1.54) is 18.3 Å². The van der Waals surface area contributed by atoms with E-state index in [2.05, 4.69) is 9.97 Å². The molecule has 3 aromatic rings. The minimum absolute atomic E-state index is 0.275. The average molecular weight is 264 g/mol. The molecule has 6 heteroatoms. The molecule has 0 unspecified atom stereocenters. The molecule has 0 fully saturated rings. The summed E-state index contributed by atoms with van der Waals surface area (Å²) < 4.78 is 42.8. The van der Waals surface area contributed by atoms with Crippen molar-refractivity contribution in [2.75, 3.05) is 0 Å². The van der Waals surface area contributed by atoms with Gasteiger partial charge >= 0.3 is 6.18 Å². The number of halogens is 3. The van der Waals surface area contributed by atoms with Gasteiger partial charge < -0.3 is 4.42 Å². The molecule has 0 spiro atoms. The summed E-state index contributed by atoms with van der Waals surface area (Å²) in [5.74, 6) is 0.275. The van der Waals surface area contributed by atoms with Crippen molar-refractivity contribution in [1.82, 2.24) is 9.97 Å². The molecule has 0 atom stereocenters. The van der Waals surface area contributed by atoms with Gasteiger partial charge in [0.1, 0.15) is 5.52 Å². The number of hydrogen-bond acceptors (Lipinski definition) is 3. The predicted molar refractivity (Wildman–Crippen MR) is 62.2 cm³/mol. The second-order valence-electron chi connectivity index (χ2n) is 3.94. The van der Waals surface area contributed by atoms with Gasteiger partial charge in [-0.1, -0.05) is 0 Å². The van der Waals surface area contributed by atoms with E-state index >= 15 is 0 Å². The first kappa shape index (κ1) is 11.7. The van der Waals surface area contributed by atoms with Gasteiger partial charge in [0.25, 0.3) is 0 Å². The Morgan fingerprint density at radius 1 is 1.00 bits per heavy atom. The van der Waals surface area contributed by atoms with Crippen LogP contribution in [0.5, 0.6) is 0 Å². The molecule has 2 heterocycles. The van der Waals surface area contributed by atoms with Gasteiger partial charge in [0.05, 0.1) is 11.8 Å². The van der Waals surface area contributed by atoms with Crippen molar-refractivity contribution in [3.05, 3.63) is 48.3 Å². The molecule has 0 saturated carbocycles. The van der Waals surface area contributed by atoms with Crippen molar-refractivity contribution in [3.63, 3.8) is 0 Å². The Morgan fingerprint density at radius 3 is 2.37 bits per heavy atom. The number of nitrogens with zero attached hydrogens (tertiary/aromatic N) is 2. The van der Waals surface area contributed by atoms with Crippen molar-refractivity contribution in [2.24, 2.45) is 0 Å². The minimum atomic E-state index is -4.34. The first-order chi connectivity index (χ1) is 9.04. The van der Waals surface area contributed by atoms with Crippen LogP contribution in [0.25, 0.3) is 22.6 Å². The fourth-order valence-corrected chi connectivity index (χ4v) is 1.71. The van der Waals surface area contributed by atoms with Crippen LogP contribution in [0.2, 0.25) is 0 Å². The van der Waals surface area contributed by atoms with Crippen molar-refractivity contribution in [1.29, 1.82) is 0 Å². The summed E-state index contributed by atoms with van der Waals surface area (Å²) in [6, 6.07) is 6.32. The summed E-state index contributed by atoms with van der Waals surface area (Å²) in [5.41, 5.74) is 0.903. The van der Waals surface area contributed by atoms with E-state index in [1.807, 2.05) is 0 Å². The smallest absolute Gasteiger partial charge is 0.416 e. The molecule has 0 N–H and O–H groups in total. The molecule has 96 valence electrons. The fraction of sp³-hybridized carbons (Fsp3) is 0.0769. The van der Waals surface area contributed by atoms with E-state index in [4.69, 9.17) is 4.42 Å². The van der Waals surface area contributed by atoms with Gasteiger partial charge in [-0.2, -0.15) is 13.2 Å². The third-order valence-corrected chi connectivity index (χ3v) is 2.65. The molecule has 3 nitrogen and oxygen atoms in total. The monoisotopic (exact) mass is 264 g/mol. The Bertz CT molecular complexity index is 684. The summed E-state index contributed by atoms with van der Waals surface area (Å²) >= 11 is 0. The van der Waals surface area contributed by atoms with Crippen molar-refractivity contribution >= 4 is 11.1 Å². The second-order valence-corrected chi connectivity index (χ2v) is 3.94. The first-order valence-electron chi connectivity index (χ1n) is 5.42. The number of oxazole rings is 1. The first-order valence-corrected chi connectivity index (χ1v) is 5.42. The van der Waals surface area contributed by atoms with Crippen LogP contribution >= 0.6 is 0 Å². The van der Waals surface area contributed by atoms with Gasteiger partial charge in [0.15, 0.2) is 5.58 Å². The maximum absolute atomic E-state index is 12.4. The van der Waals surface area contributed by atoms with Gasteiger partial charge in [-0.25, -0.2) is 4.98 Å². The molecule has 0 bridgehead atoms. The predicted octanol–water partition coefficient (Wildman–Crippen LogP) is 3.91. The van der Waals surface area contributed by atoms with E-state index < -0.39 is 11.7 Å². The highest BCUT2D eigenvalue weighted by Crippen LogP contribution is 2.31. The van der Waals surface area contributed by atoms with E-state index in [9.17, 15) is 13.2 Å². The lowest BCUT2D eigenvalue weighted by atomic mass is 10.1. The zero-order chi connectivity index (χ0) is 13.5. The van der Waals surface area contributed by atoms with Crippen molar-refractivity contribution in [3.8, 4) is 11.5 Å². The van der Waals surface area contributed by atoms with Crippen molar-refractivity contribution < 1.29 is 17.6 Å². The Balaban J connectivity index is 2.02. The summed E-state index contributed by atoms with van der Waals surface area (Å²) in [6.45, 7) is 0. The maximum atomic E-state index is 12.4. The van der Waals surface area contributed by atoms with Crippen molar-refractivity contribution in [2.45, 2.75) is 6.18 Å². The van der Waals surface area contributed by atoms with Crippen LogP contribution in [0.3, 0.4) is 0 Å². The molecule has 0 aliphatic rings. The second kappa shape index (κ2) is 4.08. The van der Waals surface area contributed by atoms with Crippen LogP contribution in [-0.2, 0) is 6.18 Å². The zero-order valence-electron chi connectivity index (χ0n) is 9.48. The van der Waals surface area contributed by atoms with Crippen LogP contribution in [-0.4, -0.2) is 9.97 Å². The third-order valence-electron chi connectivity index (χ3n) is 2.65. The van der Waals surface area contributed by atoms with E-state index in [1.54, 1.807) is 12.3 Å². The summed E-state index contributed by atoms with van der Waals surface area (Å²) in [7, 11) is 0. The fourth-order valence-electron chi connectivity index (χ4n) is 1.71. The molecular weight excluding hydrogens is 257 g/mol. The highest BCUT2D eigenvalue weighted by atomic mass is 19.4. The van der Waals surface area contributed by atoms with Crippen LogP contribution in [0, 0.1) is 0 Å². The summed E-state index contributed by atoms with van der Waals surface area (Å²) in [6.07, 6.45) is -1.25. The number of fused-ring (bicyclic) bond motifs is 1. The zero-order valence-corrected chi connectivity index (χ0v) is 9.48. The Kier molecular flexibility index (Phi) is 2.51. The third kappa shape index (κ3) is 2.16. The summed E-state index contributed by atoms with van der Waals surface area (Å²) in [4.78, 5) is 8.06. The lowest BCUT2D eigenvalue weighted by Gasteiger charge is -2.05. The highest BCUT2D eigenvalue weighted by Gasteiger charge is 2.30. The largest absolute Gasteiger partial charge is 0.436 e. The van der Waals surface area contributed by atoms with E-state index in [0.717, 1.165) is 12.1 Å². The molecule has 2 aromatic heterocycles. The number of benzene rings is 1. The molecule has 3 rings (SSSR count). The van der Waals surface area contributed by atoms with E-state index in [0.29, 0.717) is 16.7 Å². The van der Waals surface area contributed by atoms with Crippen LogP contribution in [0.4, 0.5) is 13.2 Å². The molecule has 19 heavy (non-hydrogen) atoms. The molecule has 0 amide bonds. The van der Waals surface area contributed by atoms with Crippen LogP contribution in [0.15, 0.2) is 47.1 Å². The Hall–Kier alpha value is -2.37. The van der Waals surface area contributed by atoms with E-state index in [-0.39, 0.29) is 5.89 Å². The lowest BCUT2D eigenvalue weighted by Crippen LogP contribution is -2.03. The van der Waals surface area contributed by atoms with Gasteiger partial charge in [-0.15, -0.1) is 0 Å². The number of alkyl halides is 3. The highest BCUT2D eigenvalue weighted by molar-refractivity contribution is 5.74. The minimum Gasteiger partial charge on any atom is -0.436 e. The van der Waals surface area contributed by atoms with Gasteiger partial charge in [0, 0.05) is 17.8 Å². The maximum Gasteiger partial charge on any atom is 0.416 e. The number of pyridine rings is 1. The number of hydrogen-bond donors (Lipinski definition) is 0. The quantitative estimate of drug-likeness (QED) is 0.669. The number of rotatable bonds is 1. The molecule has 0 radical (unpaired) electrons. The molecule has 0 aliphatic carbocycles.